The van der Waals surface area contributed by atoms with Crippen molar-refractivity contribution in [2.45, 2.75) is 57.0 Å². The summed E-state index contributed by atoms with van der Waals surface area (Å²) in [6.07, 6.45) is 9.32. The molecule has 2 fully saturated rings. The van der Waals surface area contributed by atoms with E-state index in [0.717, 1.165) is 5.69 Å². The van der Waals surface area contributed by atoms with Gasteiger partial charge in [-0.2, -0.15) is 5.10 Å². The van der Waals surface area contributed by atoms with Crippen LogP contribution < -0.4 is 5.32 Å². The average Bonchev–Trinajstić information content (AvgIpc) is 3.02. The average molecular weight is 316 g/mol. The van der Waals surface area contributed by atoms with Gasteiger partial charge in [0, 0.05) is 17.5 Å². The van der Waals surface area contributed by atoms with Crippen LogP contribution in [0.1, 0.15) is 71.7 Å². The van der Waals surface area contributed by atoms with Gasteiger partial charge < -0.3 is 5.32 Å². The molecule has 1 amide bonds. The summed E-state index contributed by atoms with van der Waals surface area (Å²) in [4.78, 5) is 16.8. The van der Waals surface area contributed by atoms with Gasteiger partial charge in [0.25, 0.3) is 5.91 Å². The number of carbonyl (C=O) groups excluding carboxylic acids is 1. The fourth-order valence-corrected chi connectivity index (χ4v) is 4.01. The summed E-state index contributed by atoms with van der Waals surface area (Å²) in [7, 11) is 0. The van der Waals surface area contributed by atoms with Crippen LogP contribution in [0.4, 0.5) is 0 Å². The van der Waals surface area contributed by atoms with Gasteiger partial charge in [-0.15, -0.1) is 11.3 Å². The van der Waals surface area contributed by atoms with Gasteiger partial charge in [0.15, 0.2) is 0 Å². The molecule has 0 atom stereocenters. The van der Waals surface area contributed by atoms with Crippen molar-refractivity contribution in [3.05, 3.63) is 34.0 Å². The zero-order chi connectivity index (χ0) is 14.9. The van der Waals surface area contributed by atoms with Crippen molar-refractivity contribution in [2.75, 3.05) is 0 Å². The molecule has 6 heteroatoms. The van der Waals surface area contributed by atoms with Crippen LogP contribution in [-0.4, -0.2) is 20.7 Å². The van der Waals surface area contributed by atoms with Crippen molar-refractivity contribution >= 4 is 17.2 Å². The Morgan fingerprint density at radius 3 is 2.91 bits per heavy atom. The monoisotopic (exact) mass is 316 g/mol. The third-order valence-electron chi connectivity index (χ3n) is 4.47. The van der Waals surface area contributed by atoms with Crippen LogP contribution in [0.3, 0.4) is 0 Å². The molecule has 0 unspecified atom stereocenters. The fraction of sp³-hybridized carbons (Fsp3) is 0.562. The number of thiazole rings is 1. The van der Waals surface area contributed by atoms with Crippen molar-refractivity contribution < 1.29 is 4.79 Å². The van der Waals surface area contributed by atoms with Gasteiger partial charge >= 0.3 is 0 Å². The first-order valence-electron chi connectivity index (χ1n) is 8.07. The summed E-state index contributed by atoms with van der Waals surface area (Å²) in [5.74, 6) is 0.564. The first kappa shape index (κ1) is 13.9. The van der Waals surface area contributed by atoms with Gasteiger partial charge in [0.1, 0.15) is 5.69 Å². The second-order valence-electron chi connectivity index (χ2n) is 6.25. The molecule has 0 aliphatic heterocycles. The van der Waals surface area contributed by atoms with Crippen LogP contribution in [-0.2, 0) is 6.54 Å². The zero-order valence-electron chi connectivity index (χ0n) is 12.5. The Balaban J connectivity index is 1.34. The highest BCUT2D eigenvalue weighted by Crippen LogP contribution is 2.41. The third-order valence-corrected chi connectivity index (χ3v) is 5.52. The summed E-state index contributed by atoms with van der Waals surface area (Å²) >= 11 is 1.71. The topological polar surface area (TPSA) is 59.8 Å². The van der Waals surface area contributed by atoms with E-state index in [4.69, 9.17) is 0 Å². The molecule has 4 rings (SSSR count). The summed E-state index contributed by atoms with van der Waals surface area (Å²) in [5, 5.41) is 10.6. The van der Waals surface area contributed by atoms with Gasteiger partial charge in [0.2, 0.25) is 0 Å². The Hall–Kier alpha value is -1.69. The first-order chi connectivity index (χ1) is 10.8. The number of rotatable bonds is 5. The van der Waals surface area contributed by atoms with E-state index in [1.54, 1.807) is 11.3 Å². The molecule has 2 saturated carbocycles. The second kappa shape index (κ2) is 5.83. The van der Waals surface area contributed by atoms with Crippen molar-refractivity contribution in [1.29, 1.82) is 0 Å². The van der Waals surface area contributed by atoms with E-state index in [0.29, 0.717) is 24.2 Å². The molecule has 2 aliphatic rings. The summed E-state index contributed by atoms with van der Waals surface area (Å²) < 4.78 is 1.95. The lowest BCUT2D eigenvalue weighted by atomic mass is 10.3. The molecular formula is C16H20N4OS. The number of amides is 1. The fourth-order valence-electron chi connectivity index (χ4n) is 3.01. The van der Waals surface area contributed by atoms with Gasteiger partial charge in [-0.05, 0) is 31.7 Å². The smallest absolute Gasteiger partial charge is 0.272 e. The Morgan fingerprint density at radius 2 is 2.14 bits per heavy atom. The lowest BCUT2D eigenvalue weighted by molar-refractivity contribution is 0.0944. The molecule has 0 radical (unpaired) electrons. The van der Waals surface area contributed by atoms with Crippen LogP contribution >= 0.6 is 11.3 Å². The van der Waals surface area contributed by atoms with Crippen LogP contribution in [0.25, 0.3) is 0 Å². The lowest BCUT2D eigenvalue weighted by Crippen LogP contribution is -2.23. The van der Waals surface area contributed by atoms with Crippen LogP contribution in [0, 0.1) is 0 Å². The second-order valence-corrected chi connectivity index (χ2v) is 7.14. The zero-order valence-corrected chi connectivity index (χ0v) is 13.3. The maximum atomic E-state index is 12.2. The molecule has 2 aromatic rings. The van der Waals surface area contributed by atoms with Gasteiger partial charge in [0.05, 0.1) is 23.3 Å². The molecule has 0 saturated heterocycles. The molecule has 116 valence electrons. The number of aromatic nitrogens is 3. The van der Waals surface area contributed by atoms with E-state index in [9.17, 15) is 4.79 Å². The molecule has 0 aromatic carbocycles. The van der Waals surface area contributed by atoms with Crippen molar-refractivity contribution in [1.82, 2.24) is 20.1 Å². The van der Waals surface area contributed by atoms with Crippen molar-refractivity contribution in [3.63, 3.8) is 0 Å². The minimum Gasteiger partial charge on any atom is -0.345 e. The number of hydrogen-bond acceptors (Lipinski definition) is 4. The molecule has 2 aliphatic carbocycles. The predicted octanol–water partition coefficient (Wildman–Crippen LogP) is 3.26. The minimum atomic E-state index is -0.113. The number of nitrogens with zero attached hydrogens (tertiary/aromatic N) is 3. The van der Waals surface area contributed by atoms with E-state index in [1.807, 2.05) is 22.3 Å². The minimum absolute atomic E-state index is 0.113. The molecule has 0 spiro atoms. The van der Waals surface area contributed by atoms with Crippen LogP contribution in [0.15, 0.2) is 17.6 Å². The standard InChI is InChI=1S/C16H20N4OS/c21-15(14-7-8-20(19-14)13-3-1-2-4-13)17-9-12-10-22-16(18-12)11-5-6-11/h7-8,10-11,13H,1-6,9H2,(H,17,21). The number of hydrogen-bond donors (Lipinski definition) is 1. The van der Waals surface area contributed by atoms with Gasteiger partial charge in [-0.1, -0.05) is 12.8 Å². The molecule has 1 N–H and O–H groups in total. The number of nitrogens with one attached hydrogen (secondary N) is 1. The quantitative estimate of drug-likeness (QED) is 0.921. The maximum Gasteiger partial charge on any atom is 0.272 e. The van der Waals surface area contributed by atoms with E-state index in [2.05, 4.69) is 15.4 Å². The van der Waals surface area contributed by atoms with Crippen molar-refractivity contribution in [2.24, 2.45) is 0 Å². The predicted molar refractivity (Wildman–Crippen MR) is 85.0 cm³/mol. The SMILES string of the molecule is O=C(NCc1csc(C2CC2)n1)c1ccn(C2CCCC2)n1. The highest BCUT2D eigenvalue weighted by molar-refractivity contribution is 7.09. The van der Waals surface area contributed by atoms with E-state index in [-0.39, 0.29) is 5.91 Å². The van der Waals surface area contributed by atoms with E-state index in [1.165, 1.54) is 43.5 Å². The summed E-state index contributed by atoms with van der Waals surface area (Å²) in [5.41, 5.74) is 1.46. The normalized spacial score (nSPS) is 18.7. The van der Waals surface area contributed by atoms with Gasteiger partial charge in [-0.3, -0.25) is 9.48 Å². The lowest BCUT2D eigenvalue weighted by Gasteiger charge is -2.08. The molecular weight excluding hydrogens is 296 g/mol. The maximum absolute atomic E-state index is 12.2. The molecule has 5 nitrogen and oxygen atoms in total. The highest BCUT2D eigenvalue weighted by Gasteiger charge is 2.26. The van der Waals surface area contributed by atoms with Crippen LogP contribution in [0.5, 0.6) is 0 Å². The largest absolute Gasteiger partial charge is 0.345 e. The first-order valence-corrected chi connectivity index (χ1v) is 8.95. The summed E-state index contributed by atoms with van der Waals surface area (Å²) in [6.45, 7) is 0.484. The Morgan fingerprint density at radius 1 is 1.32 bits per heavy atom. The molecule has 0 bridgehead atoms. The Bertz CT molecular complexity index is 667. The van der Waals surface area contributed by atoms with Gasteiger partial charge in [-0.25, -0.2) is 4.98 Å². The van der Waals surface area contributed by atoms with Crippen LogP contribution in [0.2, 0.25) is 0 Å². The molecule has 2 aromatic heterocycles. The van der Waals surface area contributed by atoms with Crippen molar-refractivity contribution in [3.8, 4) is 0 Å². The van der Waals surface area contributed by atoms with E-state index < -0.39 is 0 Å². The molecule has 22 heavy (non-hydrogen) atoms. The highest BCUT2D eigenvalue weighted by atomic mass is 32.1. The third kappa shape index (κ3) is 2.92. The number of carbonyl (C=O) groups is 1. The Kier molecular flexibility index (Phi) is 3.70. The van der Waals surface area contributed by atoms with E-state index >= 15 is 0 Å². The Labute approximate surface area is 133 Å². The molecule has 2 heterocycles. The summed E-state index contributed by atoms with van der Waals surface area (Å²) in [6, 6.07) is 2.28.